The fourth-order valence-corrected chi connectivity index (χ4v) is 3.84. The fraction of sp³-hybridized carbons (Fsp3) is 0.263. The first-order valence-electron chi connectivity index (χ1n) is 8.03. The lowest BCUT2D eigenvalue weighted by molar-refractivity contribution is -0.384. The van der Waals surface area contributed by atoms with Crippen LogP contribution in [-0.2, 0) is 0 Å². The van der Waals surface area contributed by atoms with Gasteiger partial charge >= 0.3 is 0 Å². The Labute approximate surface area is 140 Å². The standard InChI is InChI=1S/C19H18N2O3/c1-24-14-8-5-12(6-9-14)19-16-4-2-3-15(16)17-11-13(21(22)23)7-10-18(17)20-19/h2-3,5-11,15-16,19-20H,4H2,1H3/t15-,16-,19+/m1/s1. The first-order chi connectivity index (χ1) is 11.7. The number of benzene rings is 2. The molecule has 0 saturated heterocycles. The average molecular weight is 322 g/mol. The van der Waals surface area contributed by atoms with Crippen LogP contribution in [0, 0.1) is 16.0 Å². The number of nitro groups is 1. The lowest BCUT2D eigenvalue weighted by atomic mass is 9.77. The van der Waals surface area contributed by atoms with Crippen molar-refractivity contribution in [3.8, 4) is 5.75 Å². The van der Waals surface area contributed by atoms with E-state index in [0.29, 0.717) is 5.92 Å². The van der Waals surface area contributed by atoms with Crippen molar-refractivity contribution in [2.75, 3.05) is 12.4 Å². The summed E-state index contributed by atoms with van der Waals surface area (Å²) in [7, 11) is 1.66. The van der Waals surface area contributed by atoms with E-state index in [1.54, 1.807) is 19.2 Å². The van der Waals surface area contributed by atoms with Gasteiger partial charge in [-0.1, -0.05) is 24.3 Å². The van der Waals surface area contributed by atoms with Crippen molar-refractivity contribution < 1.29 is 9.66 Å². The highest BCUT2D eigenvalue weighted by Gasteiger charge is 2.38. The molecule has 4 rings (SSSR count). The number of methoxy groups -OCH3 is 1. The molecule has 0 amide bonds. The summed E-state index contributed by atoms with van der Waals surface area (Å²) in [6, 6.07) is 13.4. The molecule has 0 spiro atoms. The maximum atomic E-state index is 11.1. The number of nitrogens with zero attached hydrogens (tertiary/aromatic N) is 1. The van der Waals surface area contributed by atoms with Crippen LogP contribution < -0.4 is 10.1 Å². The Balaban J connectivity index is 1.73. The van der Waals surface area contributed by atoms with Crippen LogP contribution in [0.3, 0.4) is 0 Å². The molecule has 1 aliphatic heterocycles. The van der Waals surface area contributed by atoms with Crippen molar-refractivity contribution in [3.05, 3.63) is 75.9 Å². The first kappa shape index (κ1) is 14.8. The van der Waals surface area contributed by atoms with Gasteiger partial charge in [0.1, 0.15) is 5.75 Å². The van der Waals surface area contributed by atoms with E-state index in [-0.39, 0.29) is 22.6 Å². The molecule has 2 aromatic carbocycles. The first-order valence-corrected chi connectivity index (χ1v) is 8.03. The molecule has 0 aromatic heterocycles. The predicted molar refractivity (Wildman–Crippen MR) is 92.4 cm³/mol. The van der Waals surface area contributed by atoms with Gasteiger partial charge in [-0.15, -0.1) is 0 Å². The maximum absolute atomic E-state index is 11.1. The molecular weight excluding hydrogens is 304 g/mol. The highest BCUT2D eigenvalue weighted by atomic mass is 16.6. The van der Waals surface area contributed by atoms with E-state index in [0.717, 1.165) is 23.4 Å². The van der Waals surface area contributed by atoms with Gasteiger partial charge in [-0.2, -0.15) is 0 Å². The van der Waals surface area contributed by atoms with Crippen LogP contribution >= 0.6 is 0 Å². The third-order valence-corrected chi connectivity index (χ3v) is 5.03. The molecule has 2 aromatic rings. The highest BCUT2D eigenvalue weighted by Crippen LogP contribution is 2.50. The number of fused-ring (bicyclic) bond motifs is 3. The SMILES string of the molecule is COc1ccc([C@@H]2Nc3ccc([N+](=O)[O-])cc3[C@@H]3C=CC[C@H]32)cc1. The van der Waals surface area contributed by atoms with E-state index in [4.69, 9.17) is 4.74 Å². The Morgan fingerprint density at radius 1 is 1.21 bits per heavy atom. The summed E-state index contributed by atoms with van der Waals surface area (Å²) in [4.78, 5) is 10.8. The minimum atomic E-state index is -0.330. The maximum Gasteiger partial charge on any atom is 0.269 e. The van der Waals surface area contributed by atoms with Gasteiger partial charge in [-0.3, -0.25) is 10.1 Å². The number of rotatable bonds is 3. The Bertz CT molecular complexity index is 814. The number of hydrogen-bond donors (Lipinski definition) is 1. The van der Waals surface area contributed by atoms with Crippen molar-refractivity contribution in [1.82, 2.24) is 0 Å². The number of nitrogens with one attached hydrogen (secondary N) is 1. The molecular formula is C19H18N2O3. The smallest absolute Gasteiger partial charge is 0.269 e. The topological polar surface area (TPSA) is 64.4 Å². The molecule has 0 fully saturated rings. The second-order valence-electron chi connectivity index (χ2n) is 6.28. The molecule has 24 heavy (non-hydrogen) atoms. The van der Waals surface area contributed by atoms with Gasteiger partial charge in [0.05, 0.1) is 18.1 Å². The van der Waals surface area contributed by atoms with E-state index in [2.05, 4.69) is 29.6 Å². The molecule has 5 heteroatoms. The molecule has 0 saturated carbocycles. The van der Waals surface area contributed by atoms with Gasteiger partial charge in [-0.05, 0) is 41.7 Å². The van der Waals surface area contributed by atoms with Crippen molar-refractivity contribution in [3.63, 3.8) is 0 Å². The molecule has 0 bridgehead atoms. The van der Waals surface area contributed by atoms with Crippen molar-refractivity contribution in [1.29, 1.82) is 0 Å². The van der Waals surface area contributed by atoms with E-state index in [1.165, 1.54) is 5.56 Å². The molecule has 5 nitrogen and oxygen atoms in total. The van der Waals surface area contributed by atoms with Crippen molar-refractivity contribution in [2.24, 2.45) is 5.92 Å². The molecule has 1 aliphatic carbocycles. The van der Waals surface area contributed by atoms with Crippen molar-refractivity contribution >= 4 is 11.4 Å². The molecule has 0 radical (unpaired) electrons. The number of non-ortho nitro benzene ring substituents is 1. The highest BCUT2D eigenvalue weighted by molar-refractivity contribution is 5.63. The second-order valence-corrected chi connectivity index (χ2v) is 6.28. The van der Waals surface area contributed by atoms with E-state index in [1.807, 2.05) is 18.2 Å². The molecule has 1 N–H and O–H groups in total. The summed E-state index contributed by atoms with van der Waals surface area (Å²) in [6.07, 6.45) is 5.34. The van der Waals surface area contributed by atoms with Crippen LogP contribution in [0.1, 0.15) is 29.5 Å². The molecule has 2 aliphatic rings. The summed E-state index contributed by atoms with van der Waals surface area (Å²) >= 11 is 0. The molecule has 0 unspecified atom stereocenters. The fourth-order valence-electron chi connectivity index (χ4n) is 3.84. The molecule has 1 heterocycles. The molecule has 122 valence electrons. The number of hydrogen-bond acceptors (Lipinski definition) is 4. The van der Waals surface area contributed by atoms with Crippen LogP contribution in [-0.4, -0.2) is 12.0 Å². The largest absolute Gasteiger partial charge is 0.497 e. The van der Waals surface area contributed by atoms with Gasteiger partial charge in [-0.25, -0.2) is 0 Å². The minimum Gasteiger partial charge on any atom is -0.497 e. The van der Waals surface area contributed by atoms with E-state index in [9.17, 15) is 10.1 Å². The van der Waals surface area contributed by atoms with Gasteiger partial charge in [0.25, 0.3) is 5.69 Å². The van der Waals surface area contributed by atoms with E-state index >= 15 is 0 Å². The number of allylic oxidation sites excluding steroid dienone is 2. The van der Waals surface area contributed by atoms with Gasteiger partial charge < -0.3 is 10.1 Å². The Hall–Kier alpha value is -2.82. The summed E-state index contributed by atoms with van der Waals surface area (Å²) in [5.74, 6) is 1.42. The van der Waals surface area contributed by atoms with Crippen LogP contribution in [0.4, 0.5) is 11.4 Å². The second kappa shape index (κ2) is 5.67. The third kappa shape index (κ3) is 2.33. The average Bonchev–Trinajstić information content (AvgIpc) is 3.10. The lowest BCUT2D eigenvalue weighted by Gasteiger charge is -2.37. The van der Waals surface area contributed by atoms with Crippen LogP contribution in [0.5, 0.6) is 5.75 Å². The summed E-state index contributed by atoms with van der Waals surface area (Å²) < 4.78 is 5.24. The number of nitro benzene ring substituents is 1. The number of anilines is 1. The van der Waals surface area contributed by atoms with Crippen LogP contribution in [0.2, 0.25) is 0 Å². The minimum absolute atomic E-state index is 0.150. The summed E-state index contributed by atoms with van der Waals surface area (Å²) in [6.45, 7) is 0. The third-order valence-electron chi connectivity index (χ3n) is 5.03. The van der Waals surface area contributed by atoms with Gasteiger partial charge in [0.2, 0.25) is 0 Å². The normalized spacial score (nSPS) is 24.0. The Kier molecular flexibility index (Phi) is 3.49. The number of ether oxygens (including phenoxy) is 1. The summed E-state index contributed by atoms with van der Waals surface area (Å²) in [5, 5.41) is 14.7. The zero-order valence-electron chi connectivity index (χ0n) is 13.3. The zero-order chi connectivity index (χ0) is 16.7. The van der Waals surface area contributed by atoms with Gasteiger partial charge in [0.15, 0.2) is 0 Å². The Morgan fingerprint density at radius 3 is 2.71 bits per heavy atom. The van der Waals surface area contributed by atoms with Crippen LogP contribution in [0.25, 0.3) is 0 Å². The Morgan fingerprint density at radius 2 is 2.00 bits per heavy atom. The van der Waals surface area contributed by atoms with Crippen molar-refractivity contribution in [2.45, 2.75) is 18.4 Å². The van der Waals surface area contributed by atoms with E-state index < -0.39 is 0 Å². The quantitative estimate of drug-likeness (QED) is 0.516. The zero-order valence-corrected chi connectivity index (χ0v) is 13.3. The molecule has 3 atom stereocenters. The van der Waals surface area contributed by atoms with Crippen LogP contribution in [0.15, 0.2) is 54.6 Å². The van der Waals surface area contributed by atoms with Gasteiger partial charge in [0, 0.05) is 23.7 Å². The monoisotopic (exact) mass is 322 g/mol. The summed E-state index contributed by atoms with van der Waals surface area (Å²) in [5.41, 5.74) is 3.36. The predicted octanol–water partition coefficient (Wildman–Crippen LogP) is 4.43. The lowest BCUT2D eigenvalue weighted by Crippen LogP contribution is -2.29.